The van der Waals surface area contributed by atoms with E-state index in [1.54, 1.807) is 13.3 Å². The van der Waals surface area contributed by atoms with Crippen LogP contribution in [0.5, 0.6) is 5.75 Å². The predicted octanol–water partition coefficient (Wildman–Crippen LogP) is 4.83. The maximum Gasteiger partial charge on any atom is 0.203 e. The molecule has 1 N–H and O–H groups in total. The van der Waals surface area contributed by atoms with E-state index in [0.29, 0.717) is 0 Å². The molecule has 24 heavy (non-hydrogen) atoms. The molecule has 1 aromatic heterocycles. The lowest BCUT2D eigenvalue weighted by Crippen LogP contribution is -1.90. The van der Waals surface area contributed by atoms with Crippen LogP contribution >= 0.6 is 11.3 Å². The van der Waals surface area contributed by atoms with Gasteiger partial charge in [-0.2, -0.15) is 5.10 Å². The molecule has 0 saturated heterocycles. The number of hydrazone groups is 1. The highest BCUT2D eigenvalue weighted by Crippen LogP contribution is 2.25. The Labute approximate surface area is 145 Å². The molecule has 1 heterocycles. The van der Waals surface area contributed by atoms with Crippen molar-refractivity contribution in [3.63, 3.8) is 0 Å². The van der Waals surface area contributed by atoms with Crippen LogP contribution in [0.2, 0.25) is 0 Å². The van der Waals surface area contributed by atoms with Gasteiger partial charge in [-0.15, -0.1) is 11.3 Å². The average Bonchev–Trinajstić information content (AvgIpc) is 3.11. The van der Waals surface area contributed by atoms with E-state index in [4.69, 9.17) is 4.74 Å². The lowest BCUT2D eigenvalue weighted by atomic mass is 10.1. The third kappa shape index (κ3) is 4.00. The number of methoxy groups -OCH3 is 1. The molecular weight excluding hydrogens is 318 g/mol. The van der Waals surface area contributed by atoms with Crippen LogP contribution in [0.4, 0.5) is 5.13 Å². The molecule has 3 aromatic rings. The van der Waals surface area contributed by atoms with Crippen molar-refractivity contribution in [2.45, 2.75) is 13.3 Å². The van der Waals surface area contributed by atoms with Crippen molar-refractivity contribution < 1.29 is 4.74 Å². The third-order valence-electron chi connectivity index (χ3n) is 3.65. The molecule has 0 bridgehead atoms. The van der Waals surface area contributed by atoms with Crippen molar-refractivity contribution in [3.8, 4) is 17.0 Å². The molecule has 2 aromatic carbocycles. The zero-order valence-corrected chi connectivity index (χ0v) is 14.5. The highest BCUT2D eigenvalue weighted by Gasteiger charge is 2.03. The number of hydrogen-bond acceptors (Lipinski definition) is 5. The van der Waals surface area contributed by atoms with Crippen LogP contribution in [0, 0.1) is 0 Å². The van der Waals surface area contributed by atoms with E-state index in [0.717, 1.165) is 34.1 Å². The van der Waals surface area contributed by atoms with Gasteiger partial charge in [0.1, 0.15) is 5.75 Å². The Morgan fingerprint density at radius 2 is 1.88 bits per heavy atom. The summed E-state index contributed by atoms with van der Waals surface area (Å²) in [5.74, 6) is 0.832. The molecule has 0 aliphatic carbocycles. The minimum Gasteiger partial charge on any atom is -0.497 e. The Bertz CT molecular complexity index is 807. The highest BCUT2D eigenvalue weighted by molar-refractivity contribution is 7.14. The van der Waals surface area contributed by atoms with E-state index in [9.17, 15) is 0 Å². The van der Waals surface area contributed by atoms with Gasteiger partial charge in [-0.3, -0.25) is 5.43 Å². The lowest BCUT2D eigenvalue weighted by Gasteiger charge is -1.99. The van der Waals surface area contributed by atoms with Crippen molar-refractivity contribution in [2.75, 3.05) is 12.5 Å². The standard InChI is InChI=1S/C19H19N3OS/c1-3-14-4-8-16(9-5-14)18-13-24-19(21-18)22-20-12-15-6-10-17(23-2)11-7-15/h4-13H,3H2,1-2H3,(H,21,22)/b20-12-. The summed E-state index contributed by atoms with van der Waals surface area (Å²) in [7, 11) is 1.65. The van der Waals surface area contributed by atoms with Crippen LogP contribution in [0.15, 0.2) is 59.0 Å². The summed E-state index contributed by atoms with van der Waals surface area (Å²) in [5, 5.41) is 7.04. The Morgan fingerprint density at radius 1 is 1.12 bits per heavy atom. The summed E-state index contributed by atoms with van der Waals surface area (Å²) in [4.78, 5) is 4.57. The first kappa shape index (κ1) is 16.2. The fourth-order valence-corrected chi connectivity index (χ4v) is 2.89. The van der Waals surface area contributed by atoms with Crippen LogP contribution in [0.25, 0.3) is 11.3 Å². The number of thiazole rings is 1. The number of rotatable bonds is 6. The highest BCUT2D eigenvalue weighted by atomic mass is 32.1. The second kappa shape index (κ2) is 7.75. The fraction of sp³-hybridized carbons (Fsp3) is 0.158. The zero-order valence-electron chi connectivity index (χ0n) is 13.7. The number of hydrogen-bond donors (Lipinski definition) is 1. The van der Waals surface area contributed by atoms with Gasteiger partial charge in [0.2, 0.25) is 5.13 Å². The maximum absolute atomic E-state index is 5.13. The maximum atomic E-state index is 5.13. The van der Waals surface area contributed by atoms with Crippen molar-refractivity contribution in [2.24, 2.45) is 5.10 Å². The van der Waals surface area contributed by atoms with Gasteiger partial charge in [-0.05, 0) is 41.8 Å². The molecule has 0 unspecified atom stereocenters. The number of ether oxygens (including phenoxy) is 1. The summed E-state index contributed by atoms with van der Waals surface area (Å²) in [6, 6.07) is 16.2. The minimum absolute atomic E-state index is 0.773. The van der Waals surface area contributed by atoms with E-state index in [1.165, 1.54) is 16.9 Å². The van der Waals surface area contributed by atoms with E-state index in [2.05, 4.69) is 46.7 Å². The molecule has 3 rings (SSSR count). The molecular formula is C19H19N3OS. The Morgan fingerprint density at radius 3 is 2.54 bits per heavy atom. The summed E-state index contributed by atoms with van der Waals surface area (Å²) in [5.41, 5.74) is 7.39. The van der Waals surface area contributed by atoms with Gasteiger partial charge in [0.15, 0.2) is 0 Å². The SMILES string of the molecule is CCc1ccc(-c2csc(N/N=C\c3ccc(OC)cc3)n2)cc1. The van der Waals surface area contributed by atoms with Crippen LogP contribution < -0.4 is 10.2 Å². The topological polar surface area (TPSA) is 46.5 Å². The van der Waals surface area contributed by atoms with Gasteiger partial charge in [0.05, 0.1) is 19.0 Å². The van der Waals surface area contributed by atoms with Gasteiger partial charge < -0.3 is 4.74 Å². The number of anilines is 1. The second-order valence-corrected chi connectivity index (χ2v) is 6.09. The van der Waals surface area contributed by atoms with E-state index < -0.39 is 0 Å². The van der Waals surface area contributed by atoms with Gasteiger partial charge in [0.25, 0.3) is 0 Å². The van der Waals surface area contributed by atoms with Gasteiger partial charge >= 0.3 is 0 Å². The Kier molecular flexibility index (Phi) is 5.23. The molecule has 122 valence electrons. The first-order chi connectivity index (χ1) is 11.8. The van der Waals surface area contributed by atoms with Gasteiger partial charge in [-0.25, -0.2) is 4.98 Å². The monoisotopic (exact) mass is 337 g/mol. The first-order valence-electron chi connectivity index (χ1n) is 7.76. The molecule has 0 aliphatic rings. The van der Waals surface area contributed by atoms with Crippen LogP contribution in [-0.4, -0.2) is 18.3 Å². The van der Waals surface area contributed by atoms with Crippen LogP contribution in [0.1, 0.15) is 18.1 Å². The van der Waals surface area contributed by atoms with Crippen LogP contribution in [-0.2, 0) is 6.42 Å². The number of benzene rings is 2. The fourth-order valence-electron chi connectivity index (χ4n) is 2.22. The van der Waals surface area contributed by atoms with Crippen molar-refractivity contribution in [1.29, 1.82) is 0 Å². The molecule has 0 saturated carbocycles. The molecule has 0 radical (unpaired) electrons. The second-order valence-electron chi connectivity index (χ2n) is 5.23. The molecule has 4 nitrogen and oxygen atoms in total. The average molecular weight is 337 g/mol. The van der Waals surface area contributed by atoms with E-state index in [-0.39, 0.29) is 0 Å². The summed E-state index contributed by atoms with van der Waals surface area (Å²) < 4.78 is 5.13. The Balaban J connectivity index is 1.63. The normalized spacial score (nSPS) is 10.9. The molecule has 0 aliphatic heterocycles. The summed E-state index contributed by atoms with van der Waals surface area (Å²) in [6.45, 7) is 2.15. The number of aromatic nitrogens is 1. The molecule has 0 fully saturated rings. The predicted molar refractivity (Wildman–Crippen MR) is 101 cm³/mol. The van der Waals surface area contributed by atoms with Gasteiger partial charge in [-0.1, -0.05) is 31.2 Å². The van der Waals surface area contributed by atoms with Crippen LogP contribution in [0.3, 0.4) is 0 Å². The van der Waals surface area contributed by atoms with Crippen molar-refractivity contribution in [1.82, 2.24) is 4.98 Å². The van der Waals surface area contributed by atoms with E-state index in [1.807, 2.05) is 29.6 Å². The molecule has 0 amide bonds. The molecule has 0 atom stereocenters. The lowest BCUT2D eigenvalue weighted by molar-refractivity contribution is 0.415. The summed E-state index contributed by atoms with van der Waals surface area (Å²) >= 11 is 1.54. The quantitative estimate of drug-likeness (QED) is 0.518. The number of nitrogens with zero attached hydrogens (tertiary/aromatic N) is 2. The number of nitrogens with one attached hydrogen (secondary N) is 1. The molecule has 0 spiro atoms. The summed E-state index contributed by atoms with van der Waals surface area (Å²) in [6.07, 6.45) is 2.81. The molecule has 5 heteroatoms. The van der Waals surface area contributed by atoms with Gasteiger partial charge in [0, 0.05) is 10.9 Å². The zero-order chi connectivity index (χ0) is 16.8. The van der Waals surface area contributed by atoms with Crippen molar-refractivity contribution >= 4 is 22.7 Å². The van der Waals surface area contributed by atoms with Crippen molar-refractivity contribution in [3.05, 3.63) is 65.0 Å². The first-order valence-corrected chi connectivity index (χ1v) is 8.64. The largest absolute Gasteiger partial charge is 0.497 e. The third-order valence-corrected chi connectivity index (χ3v) is 4.40. The smallest absolute Gasteiger partial charge is 0.203 e. The minimum atomic E-state index is 0.773. The Hall–Kier alpha value is -2.66. The number of aryl methyl sites for hydroxylation is 1. The van der Waals surface area contributed by atoms with E-state index >= 15 is 0 Å².